The van der Waals surface area contributed by atoms with E-state index in [0.717, 1.165) is 19.5 Å². The Bertz CT molecular complexity index is 400. The first-order valence-electron chi connectivity index (χ1n) is 6.01. The molecule has 0 aliphatic rings. The molecule has 0 bridgehead atoms. The first kappa shape index (κ1) is 13.7. The molecule has 1 heterocycles. The fourth-order valence-electron chi connectivity index (χ4n) is 1.79. The van der Waals surface area contributed by atoms with Gasteiger partial charge in [0.15, 0.2) is 5.82 Å². The molecule has 5 heteroatoms. The van der Waals surface area contributed by atoms with Gasteiger partial charge in [-0.15, -0.1) is 0 Å². The highest BCUT2D eigenvalue weighted by molar-refractivity contribution is 5.32. The summed E-state index contributed by atoms with van der Waals surface area (Å²) in [6, 6.07) is 0.197. The number of aryl methyl sites for hydroxylation is 1. The van der Waals surface area contributed by atoms with E-state index in [-0.39, 0.29) is 11.6 Å². The quantitative estimate of drug-likeness (QED) is 0.804. The maximum Gasteiger partial charge on any atom is 0.293 e. The SMILES string of the molecule is CCCn1ccnc(NC(C)CN(C)C)c1=O. The van der Waals surface area contributed by atoms with Crippen LogP contribution in [0.2, 0.25) is 0 Å². The molecule has 1 rings (SSSR count). The van der Waals surface area contributed by atoms with Crippen molar-refractivity contribution in [3.63, 3.8) is 0 Å². The molecular formula is C12H22N4O. The number of nitrogens with one attached hydrogen (secondary N) is 1. The first-order chi connectivity index (χ1) is 8.04. The average Bonchev–Trinajstić information content (AvgIpc) is 2.23. The lowest BCUT2D eigenvalue weighted by Crippen LogP contribution is -2.33. The van der Waals surface area contributed by atoms with Crippen LogP contribution in [0, 0.1) is 0 Å². The molecule has 1 unspecified atom stereocenters. The molecule has 1 aromatic rings. The van der Waals surface area contributed by atoms with Crippen molar-refractivity contribution in [2.24, 2.45) is 0 Å². The van der Waals surface area contributed by atoms with E-state index in [0.29, 0.717) is 5.82 Å². The monoisotopic (exact) mass is 238 g/mol. The van der Waals surface area contributed by atoms with Crippen molar-refractivity contribution in [1.29, 1.82) is 0 Å². The second kappa shape index (κ2) is 6.39. The van der Waals surface area contributed by atoms with Gasteiger partial charge in [-0.1, -0.05) is 6.92 Å². The van der Waals surface area contributed by atoms with Crippen molar-refractivity contribution in [2.75, 3.05) is 26.0 Å². The minimum absolute atomic E-state index is 0.0417. The largest absolute Gasteiger partial charge is 0.362 e. The number of rotatable bonds is 6. The molecule has 0 fully saturated rings. The topological polar surface area (TPSA) is 50.2 Å². The molecule has 0 aliphatic heterocycles. The Labute approximate surface area is 102 Å². The molecule has 1 aromatic heterocycles. The molecule has 5 nitrogen and oxygen atoms in total. The van der Waals surface area contributed by atoms with Crippen LogP contribution in [0.5, 0.6) is 0 Å². The van der Waals surface area contributed by atoms with E-state index in [1.54, 1.807) is 17.0 Å². The summed E-state index contributed by atoms with van der Waals surface area (Å²) in [5.41, 5.74) is -0.0417. The van der Waals surface area contributed by atoms with Gasteiger partial charge in [-0.05, 0) is 27.4 Å². The normalized spacial score (nSPS) is 12.8. The molecule has 1 atom stereocenters. The second-order valence-electron chi connectivity index (χ2n) is 4.58. The number of anilines is 1. The van der Waals surface area contributed by atoms with Crippen molar-refractivity contribution in [2.45, 2.75) is 32.9 Å². The first-order valence-corrected chi connectivity index (χ1v) is 6.01. The summed E-state index contributed by atoms with van der Waals surface area (Å²) in [5.74, 6) is 0.440. The van der Waals surface area contributed by atoms with Crippen LogP contribution in [0.4, 0.5) is 5.82 Å². The molecule has 0 radical (unpaired) electrons. The molecule has 0 saturated heterocycles. The van der Waals surface area contributed by atoms with Crippen LogP contribution in [0.25, 0.3) is 0 Å². The van der Waals surface area contributed by atoms with Gasteiger partial charge >= 0.3 is 0 Å². The molecule has 0 amide bonds. The Morgan fingerprint density at radius 1 is 1.53 bits per heavy atom. The molecular weight excluding hydrogens is 216 g/mol. The van der Waals surface area contributed by atoms with Gasteiger partial charge in [0, 0.05) is 31.5 Å². The lowest BCUT2D eigenvalue weighted by molar-refractivity contribution is 0.391. The zero-order valence-electron chi connectivity index (χ0n) is 11.1. The van der Waals surface area contributed by atoms with Gasteiger partial charge in [0.05, 0.1) is 0 Å². The number of hydrogen-bond donors (Lipinski definition) is 1. The number of likely N-dealkylation sites (N-methyl/N-ethyl adjacent to an activating group) is 1. The second-order valence-corrected chi connectivity index (χ2v) is 4.58. The van der Waals surface area contributed by atoms with E-state index in [1.165, 1.54) is 0 Å². The zero-order valence-corrected chi connectivity index (χ0v) is 11.1. The van der Waals surface area contributed by atoms with Crippen LogP contribution in [0.15, 0.2) is 17.2 Å². The molecule has 17 heavy (non-hydrogen) atoms. The Balaban J connectivity index is 2.77. The smallest absolute Gasteiger partial charge is 0.293 e. The van der Waals surface area contributed by atoms with Gasteiger partial charge in [-0.25, -0.2) is 4.98 Å². The molecule has 0 spiro atoms. The van der Waals surface area contributed by atoms with Gasteiger partial charge in [0.2, 0.25) is 0 Å². The van der Waals surface area contributed by atoms with Crippen LogP contribution < -0.4 is 10.9 Å². The van der Waals surface area contributed by atoms with Gasteiger partial charge in [-0.2, -0.15) is 0 Å². The summed E-state index contributed by atoms with van der Waals surface area (Å²) < 4.78 is 1.69. The lowest BCUT2D eigenvalue weighted by atomic mass is 10.3. The summed E-state index contributed by atoms with van der Waals surface area (Å²) >= 11 is 0. The van der Waals surface area contributed by atoms with Gasteiger partial charge in [0.1, 0.15) is 0 Å². The van der Waals surface area contributed by atoms with Crippen LogP contribution in [0.3, 0.4) is 0 Å². The highest BCUT2D eigenvalue weighted by Gasteiger charge is 2.08. The Morgan fingerprint density at radius 2 is 2.24 bits per heavy atom. The van der Waals surface area contributed by atoms with Crippen molar-refractivity contribution in [1.82, 2.24) is 14.5 Å². The molecule has 0 aliphatic carbocycles. The summed E-state index contributed by atoms with van der Waals surface area (Å²) in [5, 5.41) is 3.15. The Kier molecular flexibility index (Phi) is 5.15. The summed E-state index contributed by atoms with van der Waals surface area (Å²) in [4.78, 5) is 18.2. The number of hydrogen-bond acceptors (Lipinski definition) is 4. The average molecular weight is 238 g/mol. The van der Waals surface area contributed by atoms with Crippen LogP contribution in [0.1, 0.15) is 20.3 Å². The molecule has 0 saturated carbocycles. The third-order valence-corrected chi connectivity index (χ3v) is 2.40. The van der Waals surface area contributed by atoms with Crippen molar-refractivity contribution in [3.8, 4) is 0 Å². The highest BCUT2D eigenvalue weighted by atomic mass is 16.1. The third-order valence-electron chi connectivity index (χ3n) is 2.40. The summed E-state index contributed by atoms with van der Waals surface area (Å²) in [7, 11) is 4.01. The maximum absolute atomic E-state index is 12.0. The van der Waals surface area contributed by atoms with E-state index >= 15 is 0 Å². The van der Waals surface area contributed by atoms with E-state index < -0.39 is 0 Å². The van der Waals surface area contributed by atoms with Crippen molar-refractivity contribution in [3.05, 3.63) is 22.7 Å². The van der Waals surface area contributed by atoms with E-state index in [9.17, 15) is 4.79 Å². The molecule has 0 aromatic carbocycles. The minimum atomic E-state index is -0.0417. The van der Waals surface area contributed by atoms with Gasteiger partial charge < -0.3 is 14.8 Å². The van der Waals surface area contributed by atoms with Gasteiger partial charge in [0.25, 0.3) is 5.56 Å². The van der Waals surface area contributed by atoms with Gasteiger partial charge in [-0.3, -0.25) is 4.79 Å². The fraction of sp³-hybridized carbons (Fsp3) is 0.667. The van der Waals surface area contributed by atoms with Crippen molar-refractivity contribution >= 4 is 5.82 Å². The van der Waals surface area contributed by atoms with E-state index in [4.69, 9.17) is 0 Å². The zero-order chi connectivity index (χ0) is 12.8. The third kappa shape index (κ3) is 4.19. The summed E-state index contributed by atoms with van der Waals surface area (Å²) in [6.45, 7) is 5.69. The predicted octanol–water partition coefficient (Wildman–Crippen LogP) is 1.02. The van der Waals surface area contributed by atoms with Crippen molar-refractivity contribution < 1.29 is 0 Å². The Morgan fingerprint density at radius 3 is 2.82 bits per heavy atom. The maximum atomic E-state index is 12.0. The minimum Gasteiger partial charge on any atom is -0.362 e. The summed E-state index contributed by atoms with van der Waals surface area (Å²) in [6.07, 6.45) is 4.34. The number of aromatic nitrogens is 2. The fourth-order valence-corrected chi connectivity index (χ4v) is 1.79. The standard InChI is InChI=1S/C12H22N4O/c1-5-7-16-8-6-13-11(12(16)17)14-10(2)9-15(3)4/h6,8,10H,5,7,9H2,1-4H3,(H,13,14). The highest BCUT2D eigenvalue weighted by Crippen LogP contribution is 1.98. The van der Waals surface area contributed by atoms with Crippen LogP contribution in [-0.4, -0.2) is 41.1 Å². The van der Waals surface area contributed by atoms with Crippen LogP contribution in [-0.2, 0) is 6.54 Å². The van der Waals surface area contributed by atoms with E-state index in [2.05, 4.69) is 22.1 Å². The lowest BCUT2D eigenvalue weighted by Gasteiger charge is -2.18. The number of nitrogens with zero attached hydrogens (tertiary/aromatic N) is 3. The molecule has 1 N–H and O–H groups in total. The van der Waals surface area contributed by atoms with E-state index in [1.807, 2.05) is 21.0 Å². The molecule has 96 valence electrons. The van der Waals surface area contributed by atoms with Crippen LogP contribution >= 0.6 is 0 Å². The predicted molar refractivity (Wildman–Crippen MR) is 70.4 cm³/mol. The Hall–Kier alpha value is -1.36.